The van der Waals surface area contributed by atoms with Gasteiger partial charge in [0.1, 0.15) is 12.0 Å². The standard InChI is InChI=1S/C10H9ClN6O2/c1-6-12-3-2-7(15-6)4-13-9-8(17(18)19)5-14-10(11)16-9/h2-3,5H,4H2,1H3,(H,13,14,16). The molecule has 0 aromatic carbocycles. The molecule has 0 saturated carbocycles. The van der Waals surface area contributed by atoms with Crippen molar-refractivity contribution >= 4 is 23.1 Å². The first kappa shape index (κ1) is 13.1. The minimum absolute atomic E-state index is 0.0567. The number of nitrogens with zero attached hydrogens (tertiary/aromatic N) is 5. The average Bonchev–Trinajstić information content (AvgIpc) is 2.36. The van der Waals surface area contributed by atoms with Gasteiger partial charge in [-0.1, -0.05) is 0 Å². The number of halogens is 1. The van der Waals surface area contributed by atoms with Gasteiger partial charge in [-0.3, -0.25) is 10.1 Å². The SMILES string of the molecule is Cc1nccc(CNc2nc(Cl)ncc2[N+](=O)[O-])n1. The highest BCUT2D eigenvalue weighted by atomic mass is 35.5. The van der Waals surface area contributed by atoms with Gasteiger partial charge in [0.15, 0.2) is 0 Å². The molecule has 2 aromatic rings. The molecule has 9 heteroatoms. The normalized spacial score (nSPS) is 10.2. The van der Waals surface area contributed by atoms with Crippen LogP contribution in [-0.4, -0.2) is 24.9 Å². The summed E-state index contributed by atoms with van der Waals surface area (Å²) in [5.41, 5.74) is 0.451. The lowest BCUT2D eigenvalue weighted by molar-refractivity contribution is -0.384. The summed E-state index contributed by atoms with van der Waals surface area (Å²) < 4.78 is 0. The molecule has 0 aliphatic heterocycles. The Morgan fingerprint density at radius 1 is 1.42 bits per heavy atom. The van der Waals surface area contributed by atoms with Crippen LogP contribution in [0.2, 0.25) is 5.28 Å². The average molecular weight is 281 g/mol. The molecule has 0 spiro atoms. The van der Waals surface area contributed by atoms with Gasteiger partial charge in [-0.05, 0) is 24.6 Å². The molecule has 0 atom stereocenters. The summed E-state index contributed by atoms with van der Waals surface area (Å²) in [6, 6.07) is 1.70. The molecular weight excluding hydrogens is 272 g/mol. The first-order valence-corrected chi connectivity index (χ1v) is 5.63. The Bertz CT molecular complexity index is 621. The van der Waals surface area contributed by atoms with Crippen molar-refractivity contribution in [3.63, 3.8) is 0 Å². The summed E-state index contributed by atoms with van der Waals surface area (Å²) in [6.45, 7) is 2.03. The van der Waals surface area contributed by atoms with Crippen molar-refractivity contribution in [2.24, 2.45) is 0 Å². The van der Waals surface area contributed by atoms with Gasteiger partial charge in [0.25, 0.3) is 0 Å². The van der Waals surface area contributed by atoms with E-state index < -0.39 is 4.92 Å². The lowest BCUT2D eigenvalue weighted by atomic mass is 10.4. The van der Waals surface area contributed by atoms with Gasteiger partial charge in [-0.15, -0.1) is 0 Å². The molecule has 8 nitrogen and oxygen atoms in total. The van der Waals surface area contributed by atoms with Gasteiger partial charge in [0.05, 0.1) is 17.2 Å². The van der Waals surface area contributed by atoms with E-state index in [1.54, 1.807) is 19.2 Å². The summed E-state index contributed by atoms with van der Waals surface area (Å²) in [5.74, 6) is 0.677. The number of anilines is 1. The molecule has 2 aromatic heterocycles. The van der Waals surface area contributed by atoms with Crippen LogP contribution in [0.5, 0.6) is 0 Å². The molecule has 0 bridgehead atoms. The lowest BCUT2D eigenvalue weighted by Crippen LogP contribution is -2.07. The predicted octanol–water partition coefficient (Wildman–Crippen LogP) is 1.75. The molecule has 0 saturated heterocycles. The summed E-state index contributed by atoms with van der Waals surface area (Å²) in [5, 5.41) is 13.6. The number of nitrogens with one attached hydrogen (secondary N) is 1. The number of hydrogen-bond donors (Lipinski definition) is 1. The second-order valence-electron chi connectivity index (χ2n) is 3.58. The first-order valence-electron chi connectivity index (χ1n) is 5.25. The summed E-state index contributed by atoms with van der Waals surface area (Å²) in [6.07, 6.45) is 2.67. The lowest BCUT2D eigenvalue weighted by Gasteiger charge is -2.05. The van der Waals surface area contributed by atoms with E-state index in [9.17, 15) is 10.1 Å². The van der Waals surface area contributed by atoms with Crippen molar-refractivity contribution in [2.45, 2.75) is 13.5 Å². The summed E-state index contributed by atoms with van der Waals surface area (Å²) in [4.78, 5) is 25.7. The molecule has 0 radical (unpaired) electrons. The molecule has 0 fully saturated rings. The zero-order chi connectivity index (χ0) is 13.8. The Morgan fingerprint density at radius 2 is 2.21 bits per heavy atom. The molecular formula is C10H9ClN6O2. The van der Waals surface area contributed by atoms with Crippen LogP contribution in [0.15, 0.2) is 18.5 Å². The van der Waals surface area contributed by atoms with Gasteiger partial charge in [-0.25, -0.2) is 15.0 Å². The van der Waals surface area contributed by atoms with Crippen LogP contribution in [0.25, 0.3) is 0 Å². The number of aryl methyl sites for hydroxylation is 1. The third-order valence-corrected chi connectivity index (χ3v) is 2.39. The van der Waals surface area contributed by atoms with Gasteiger partial charge in [-0.2, -0.15) is 4.98 Å². The molecule has 0 aliphatic carbocycles. The number of hydrogen-bond acceptors (Lipinski definition) is 7. The molecule has 2 heterocycles. The van der Waals surface area contributed by atoms with Crippen LogP contribution in [0.3, 0.4) is 0 Å². The first-order chi connectivity index (χ1) is 9.06. The predicted molar refractivity (Wildman–Crippen MR) is 67.8 cm³/mol. The maximum Gasteiger partial charge on any atom is 0.329 e. The van der Waals surface area contributed by atoms with E-state index in [0.29, 0.717) is 11.5 Å². The molecule has 0 unspecified atom stereocenters. The van der Waals surface area contributed by atoms with Gasteiger partial charge >= 0.3 is 5.69 Å². The number of aromatic nitrogens is 4. The van der Waals surface area contributed by atoms with Crippen LogP contribution in [-0.2, 0) is 6.54 Å². The fourth-order valence-electron chi connectivity index (χ4n) is 1.40. The summed E-state index contributed by atoms with van der Waals surface area (Å²) in [7, 11) is 0. The Kier molecular flexibility index (Phi) is 3.81. The van der Waals surface area contributed by atoms with Gasteiger partial charge < -0.3 is 5.32 Å². The molecule has 1 N–H and O–H groups in total. The van der Waals surface area contributed by atoms with Crippen molar-refractivity contribution in [3.05, 3.63) is 45.4 Å². The maximum atomic E-state index is 10.8. The van der Waals surface area contributed by atoms with Gasteiger partial charge in [0, 0.05) is 6.20 Å². The van der Waals surface area contributed by atoms with E-state index >= 15 is 0 Å². The minimum atomic E-state index is -0.579. The second-order valence-corrected chi connectivity index (χ2v) is 3.92. The van der Waals surface area contributed by atoms with E-state index in [2.05, 4.69) is 25.3 Å². The van der Waals surface area contributed by atoms with Crippen molar-refractivity contribution in [3.8, 4) is 0 Å². The number of rotatable bonds is 4. The van der Waals surface area contributed by atoms with E-state index in [-0.39, 0.29) is 23.3 Å². The molecule has 98 valence electrons. The van der Waals surface area contributed by atoms with Crippen LogP contribution in [0.1, 0.15) is 11.5 Å². The highest BCUT2D eigenvalue weighted by Gasteiger charge is 2.16. The molecule has 19 heavy (non-hydrogen) atoms. The van der Waals surface area contributed by atoms with E-state index in [0.717, 1.165) is 6.20 Å². The minimum Gasteiger partial charge on any atom is -0.359 e. The second kappa shape index (κ2) is 5.53. The molecule has 0 amide bonds. The van der Waals surface area contributed by atoms with E-state index in [4.69, 9.17) is 11.6 Å². The van der Waals surface area contributed by atoms with E-state index in [1.165, 1.54) is 0 Å². The Labute approximate surface area is 113 Å². The van der Waals surface area contributed by atoms with Crippen molar-refractivity contribution in [1.82, 2.24) is 19.9 Å². The Hall–Kier alpha value is -2.35. The van der Waals surface area contributed by atoms with Crippen LogP contribution < -0.4 is 5.32 Å². The highest BCUT2D eigenvalue weighted by Crippen LogP contribution is 2.22. The van der Waals surface area contributed by atoms with Crippen molar-refractivity contribution < 1.29 is 4.92 Å². The van der Waals surface area contributed by atoms with Crippen LogP contribution >= 0.6 is 11.6 Å². The van der Waals surface area contributed by atoms with Gasteiger partial charge in [0.2, 0.25) is 11.1 Å². The largest absolute Gasteiger partial charge is 0.359 e. The third-order valence-electron chi connectivity index (χ3n) is 2.21. The third kappa shape index (κ3) is 3.32. The smallest absolute Gasteiger partial charge is 0.329 e. The quantitative estimate of drug-likeness (QED) is 0.516. The topological polar surface area (TPSA) is 107 Å². The monoisotopic (exact) mass is 280 g/mol. The Morgan fingerprint density at radius 3 is 2.89 bits per heavy atom. The number of nitro groups is 1. The fourth-order valence-corrected chi connectivity index (χ4v) is 1.53. The zero-order valence-electron chi connectivity index (χ0n) is 9.87. The van der Waals surface area contributed by atoms with E-state index in [1.807, 2.05) is 0 Å². The molecule has 2 rings (SSSR count). The summed E-state index contributed by atoms with van der Waals surface area (Å²) >= 11 is 5.62. The van der Waals surface area contributed by atoms with Crippen molar-refractivity contribution in [1.29, 1.82) is 0 Å². The van der Waals surface area contributed by atoms with Crippen molar-refractivity contribution in [2.75, 3.05) is 5.32 Å². The fraction of sp³-hybridized carbons (Fsp3) is 0.200. The maximum absolute atomic E-state index is 10.8. The molecule has 0 aliphatic rings. The highest BCUT2D eigenvalue weighted by molar-refractivity contribution is 6.28. The van der Waals surface area contributed by atoms with Crippen LogP contribution in [0.4, 0.5) is 11.5 Å². The van der Waals surface area contributed by atoms with Crippen LogP contribution in [0, 0.1) is 17.0 Å². The zero-order valence-corrected chi connectivity index (χ0v) is 10.6. The Balaban J connectivity index is 2.19.